The first-order valence-electron chi connectivity index (χ1n) is 10.3. The number of benzene rings is 3. The van der Waals surface area contributed by atoms with Gasteiger partial charge in [0.1, 0.15) is 5.69 Å². The number of carbonyl (C=O) groups is 2. The van der Waals surface area contributed by atoms with Gasteiger partial charge in [-0.05, 0) is 42.3 Å². The molecule has 32 heavy (non-hydrogen) atoms. The fraction of sp³-hybridized carbons (Fsp3) is 0.0357. The van der Waals surface area contributed by atoms with E-state index in [0.717, 1.165) is 16.8 Å². The Kier molecular flexibility index (Phi) is 6.33. The predicted octanol–water partition coefficient (Wildman–Crippen LogP) is 5.97. The van der Waals surface area contributed by atoms with Crippen LogP contribution in [0.25, 0.3) is 17.8 Å². The van der Waals surface area contributed by atoms with Crippen LogP contribution in [0.3, 0.4) is 0 Å². The summed E-state index contributed by atoms with van der Waals surface area (Å²) in [6, 6.07) is 28.6. The Morgan fingerprint density at radius 3 is 1.69 bits per heavy atom. The Morgan fingerprint density at radius 2 is 1.16 bits per heavy atom. The average molecular weight is 418 g/mol. The molecule has 0 N–H and O–H groups in total. The van der Waals surface area contributed by atoms with E-state index < -0.39 is 0 Å². The lowest BCUT2D eigenvalue weighted by Gasteiger charge is -2.03. The molecule has 156 valence electrons. The fourth-order valence-corrected chi connectivity index (χ4v) is 3.42. The van der Waals surface area contributed by atoms with Crippen LogP contribution >= 0.6 is 0 Å². The van der Waals surface area contributed by atoms with Gasteiger partial charge in [0, 0.05) is 0 Å². The average Bonchev–Trinajstić information content (AvgIpc) is 3.20. The van der Waals surface area contributed by atoms with Gasteiger partial charge in [-0.1, -0.05) is 91.0 Å². The molecule has 0 fully saturated rings. The number of allylic oxidation sites excluding steroid dienone is 2. The monoisotopic (exact) mass is 418 g/mol. The molecule has 4 heteroatoms. The molecule has 0 unspecified atom stereocenters. The van der Waals surface area contributed by atoms with Crippen LogP contribution in [-0.4, -0.2) is 21.3 Å². The zero-order valence-corrected chi connectivity index (χ0v) is 17.7. The molecule has 4 nitrogen and oxygen atoms in total. The molecule has 0 aliphatic heterocycles. The molecule has 0 atom stereocenters. The van der Waals surface area contributed by atoms with Gasteiger partial charge in [0.15, 0.2) is 5.78 Å². The summed E-state index contributed by atoms with van der Waals surface area (Å²) in [4.78, 5) is 26.2. The molecule has 4 rings (SSSR count). The summed E-state index contributed by atoms with van der Waals surface area (Å²) in [5.41, 5.74) is 3.67. The maximum atomic E-state index is 13.2. The molecule has 0 bridgehead atoms. The van der Waals surface area contributed by atoms with Crippen LogP contribution in [0.1, 0.15) is 37.7 Å². The summed E-state index contributed by atoms with van der Waals surface area (Å²) in [6.45, 7) is 1.81. The molecule has 0 saturated heterocycles. The van der Waals surface area contributed by atoms with E-state index >= 15 is 0 Å². The normalized spacial score (nSPS) is 11.3. The van der Waals surface area contributed by atoms with E-state index in [1.54, 1.807) is 23.8 Å². The minimum absolute atomic E-state index is 0.140. The molecule has 0 saturated carbocycles. The number of nitrogens with zero attached hydrogens (tertiary/aromatic N) is 2. The van der Waals surface area contributed by atoms with Crippen molar-refractivity contribution >= 4 is 23.7 Å². The summed E-state index contributed by atoms with van der Waals surface area (Å²) in [5.74, 6) is -0.576. The molecule has 0 spiro atoms. The van der Waals surface area contributed by atoms with Crippen LogP contribution < -0.4 is 0 Å². The lowest BCUT2D eigenvalue weighted by Crippen LogP contribution is -2.05. The molecular weight excluding hydrogens is 396 g/mol. The highest BCUT2D eigenvalue weighted by Gasteiger charge is 2.24. The largest absolute Gasteiger partial charge is 0.289 e. The number of carbonyl (C=O) groups excluding carboxylic acids is 2. The first-order valence-corrected chi connectivity index (χ1v) is 10.3. The van der Waals surface area contributed by atoms with Crippen molar-refractivity contribution in [3.63, 3.8) is 0 Å². The Morgan fingerprint density at radius 1 is 0.688 bits per heavy atom. The first-order chi connectivity index (χ1) is 15.6. The van der Waals surface area contributed by atoms with Crippen LogP contribution in [0, 0.1) is 6.92 Å². The quantitative estimate of drug-likeness (QED) is 0.274. The van der Waals surface area contributed by atoms with Crippen molar-refractivity contribution in [1.82, 2.24) is 9.78 Å². The summed E-state index contributed by atoms with van der Waals surface area (Å²) in [6.07, 6.45) is 6.43. The van der Waals surface area contributed by atoms with Crippen molar-refractivity contribution < 1.29 is 9.59 Å². The summed E-state index contributed by atoms with van der Waals surface area (Å²) >= 11 is 0. The summed E-state index contributed by atoms with van der Waals surface area (Å²) < 4.78 is 1.65. The van der Waals surface area contributed by atoms with Crippen LogP contribution in [0.2, 0.25) is 0 Å². The van der Waals surface area contributed by atoms with E-state index in [4.69, 9.17) is 0 Å². The number of para-hydroxylation sites is 1. The van der Waals surface area contributed by atoms with Gasteiger partial charge >= 0.3 is 0 Å². The van der Waals surface area contributed by atoms with Gasteiger partial charge in [-0.3, -0.25) is 9.59 Å². The number of rotatable bonds is 7. The van der Waals surface area contributed by atoms with Crippen LogP contribution in [-0.2, 0) is 0 Å². The van der Waals surface area contributed by atoms with E-state index in [9.17, 15) is 9.59 Å². The molecule has 1 aromatic heterocycles. The Labute approximate surface area is 187 Å². The maximum absolute atomic E-state index is 13.2. The summed E-state index contributed by atoms with van der Waals surface area (Å²) in [7, 11) is 0. The van der Waals surface area contributed by atoms with Crippen LogP contribution in [0.4, 0.5) is 0 Å². The molecule has 3 aromatic carbocycles. The van der Waals surface area contributed by atoms with Crippen molar-refractivity contribution in [1.29, 1.82) is 0 Å². The zero-order chi connectivity index (χ0) is 22.3. The van der Waals surface area contributed by atoms with Gasteiger partial charge in [-0.2, -0.15) is 5.10 Å². The highest BCUT2D eigenvalue weighted by Crippen LogP contribution is 2.21. The van der Waals surface area contributed by atoms with Gasteiger partial charge < -0.3 is 0 Å². The van der Waals surface area contributed by atoms with Gasteiger partial charge in [0.05, 0.1) is 16.9 Å². The van der Waals surface area contributed by atoms with Gasteiger partial charge in [-0.15, -0.1) is 0 Å². The van der Waals surface area contributed by atoms with Crippen molar-refractivity contribution in [3.05, 3.63) is 131 Å². The Hall–Kier alpha value is -4.31. The predicted molar refractivity (Wildman–Crippen MR) is 128 cm³/mol. The van der Waals surface area contributed by atoms with E-state index in [1.807, 2.05) is 91.0 Å². The molecule has 0 amide bonds. The minimum Gasteiger partial charge on any atom is -0.289 e. The number of ketones is 2. The van der Waals surface area contributed by atoms with Crippen LogP contribution in [0.5, 0.6) is 0 Å². The van der Waals surface area contributed by atoms with Crippen molar-refractivity contribution in [2.45, 2.75) is 6.92 Å². The van der Waals surface area contributed by atoms with Gasteiger partial charge in [0.2, 0.25) is 5.78 Å². The fourth-order valence-electron chi connectivity index (χ4n) is 3.42. The lowest BCUT2D eigenvalue weighted by atomic mass is 10.0. The van der Waals surface area contributed by atoms with Crippen molar-refractivity contribution in [2.75, 3.05) is 0 Å². The highest BCUT2D eigenvalue weighted by atomic mass is 16.1. The van der Waals surface area contributed by atoms with E-state index in [1.165, 1.54) is 12.2 Å². The van der Waals surface area contributed by atoms with Crippen molar-refractivity contribution in [2.24, 2.45) is 0 Å². The second-order valence-corrected chi connectivity index (χ2v) is 7.27. The second-order valence-electron chi connectivity index (χ2n) is 7.27. The highest BCUT2D eigenvalue weighted by molar-refractivity contribution is 6.17. The van der Waals surface area contributed by atoms with E-state index in [-0.39, 0.29) is 17.3 Å². The lowest BCUT2D eigenvalue weighted by molar-refractivity contribution is 0.101. The minimum atomic E-state index is -0.317. The second kappa shape index (κ2) is 9.67. The molecular formula is C28H22N2O2. The Bertz CT molecular complexity index is 1290. The van der Waals surface area contributed by atoms with E-state index in [0.29, 0.717) is 11.3 Å². The summed E-state index contributed by atoms with van der Waals surface area (Å²) in [5, 5.41) is 4.53. The van der Waals surface area contributed by atoms with Crippen molar-refractivity contribution in [3.8, 4) is 5.69 Å². The first kappa shape index (κ1) is 20.9. The van der Waals surface area contributed by atoms with Crippen LogP contribution in [0.15, 0.2) is 103 Å². The zero-order valence-electron chi connectivity index (χ0n) is 17.7. The Balaban J connectivity index is 1.74. The topological polar surface area (TPSA) is 52.0 Å². The van der Waals surface area contributed by atoms with E-state index in [2.05, 4.69) is 5.10 Å². The smallest absolute Gasteiger partial charge is 0.206 e. The van der Waals surface area contributed by atoms with Gasteiger partial charge in [0.25, 0.3) is 0 Å². The molecule has 0 aliphatic carbocycles. The number of hydrogen-bond acceptors (Lipinski definition) is 3. The number of aromatic nitrogens is 2. The molecule has 1 heterocycles. The number of hydrogen-bond donors (Lipinski definition) is 0. The molecule has 0 radical (unpaired) electrons. The third-order valence-corrected chi connectivity index (χ3v) is 5.05. The third kappa shape index (κ3) is 4.71. The molecule has 4 aromatic rings. The SMILES string of the molecule is Cc1c(C(=O)/C=C/c2ccccc2)c(C(=O)/C=C/c2ccccc2)nn1-c1ccccc1. The third-order valence-electron chi connectivity index (χ3n) is 5.05. The molecule has 0 aliphatic rings. The van der Waals surface area contributed by atoms with Gasteiger partial charge in [-0.25, -0.2) is 4.68 Å². The maximum Gasteiger partial charge on any atom is 0.206 e. The standard InChI is InChI=1S/C28H22N2O2/c1-21-27(25(31)19-17-22-11-5-2-6-12-22)28(29-30(21)24-15-9-4-10-16-24)26(32)20-18-23-13-7-3-8-14-23/h2-20H,1H3/b19-17+,20-18+.